The average molecular weight is 348 g/mol. The van der Waals surface area contributed by atoms with Gasteiger partial charge in [-0.25, -0.2) is 0 Å². The van der Waals surface area contributed by atoms with E-state index in [4.69, 9.17) is 4.84 Å². The maximum absolute atomic E-state index is 13.2. The Morgan fingerprint density at radius 2 is 1.62 bits per heavy atom. The Morgan fingerprint density at radius 1 is 1.00 bits per heavy atom. The molecular weight excluding hydrogens is 328 g/mol. The van der Waals surface area contributed by atoms with E-state index in [0.717, 1.165) is 11.1 Å². The maximum Gasteiger partial charge on any atom is 0.277 e. The van der Waals surface area contributed by atoms with Crippen LogP contribution in [0.15, 0.2) is 65.8 Å². The van der Waals surface area contributed by atoms with Crippen LogP contribution in [0.2, 0.25) is 0 Å². The Kier molecular flexibility index (Phi) is 3.68. The van der Waals surface area contributed by atoms with Gasteiger partial charge in [-0.15, -0.1) is 0 Å². The SMILES string of the molecule is CC1(C)C(=O)N(Cc2ccccc2)C2(CC(c3ccccc3)=NO2)C1=O. The molecule has 2 aromatic carbocycles. The monoisotopic (exact) mass is 348 g/mol. The Hall–Kier alpha value is -2.95. The molecule has 0 N–H and O–H groups in total. The number of likely N-dealkylation sites (tertiary alicyclic amines) is 1. The summed E-state index contributed by atoms with van der Waals surface area (Å²) in [5.74, 6) is -0.462. The molecule has 2 aliphatic heterocycles. The zero-order chi connectivity index (χ0) is 18.4. The molecule has 5 heteroatoms. The molecule has 0 saturated carbocycles. The minimum Gasteiger partial charge on any atom is -0.358 e. The highest BCUT2D eigenvalue weighted by Crippen LogP contribution is 2.45. The molecule has 0 bridgehead atoms. The molecule has 0 aromatic heterocycles. The van der Waals surface area contributed by atoms with Gasteiger partial charge in [0.1, 0.15) is 5.41 Å². The summed E-state index contributed by atoms with van der Waals surface area (Å²) < 4.78 is 0. The summed E-state index contributed by atoms with van der Waals surface area (Å²) in [7, 11) is 0. The van der Waals surface area contributed by atoms with Crippen molar-refractivity contribution in [2.45, 2.75) is 32.5 Å². The lowest BCUT2D eigenvalue weighted by molar-refractivity contribution is -0.166. The standard InChI is InChI=1S/C21H20N2O3/c1-20(2)18(24)21(13-17(22-26-21)16-11-7-4-8-12-16)23(19(20)25)14-15-9-5-3-6-10-15/h3-12H,13-14H2,1-2H3. The minimum absolute atomic E-state index is 0.226. The molecule has 1 saturated heterocycles. The first-order chi connectivity index (χ1) is 12.4. The van der Waals surface area contributed by atoms with Gasteiger partial charge in [-0.1, -0.05) is 65.8 Å². The number of amides is 1. The summed E-state index contributed by atoms with van der Waals surface area (Å²) in [5, 5.41) is 4.19. The molecular formula is C21H20N2O3. The highest BCUT2D eigenvalue weighted by Gasteiger charge is 2.67. The zero-order valence-corrected chi connectivity index (χ0v) is 14.8. The van der Waals surface area contributed by atoms with E-state index < -0.39 is 11.1 Å². The topological polar surface area (TPSA) is 59.0 Å². The number of ketones is 1. The molecule has 0 aliphatic carbocycles. The number of nitrogens with zero attached hydrogens (tertiary/aromatic N) is 2. The largest absolute Gasteiger partial charge is 0.358 e. The van der Waals surface area contributed by atoms with Crippen LogP contribution in [0, 0.1) is 5.41 Å². The van der Waals surface area contributed by atoms with Gasteiger partial charge in [0.15, 0.2) is 0 Å². The third-order valence-corrected chi connectivity index (χ3v) is 5.14. The van der Waals surface area contributed by atoms with Crippen LogP contribution in [-0.2, 0) is 21.0 Å². The molecule has 1 fully saturated rings. The van der Waals surface area contributed by atoms with Crippen LogP contribution in [0.5, 0.6) is 0 Å². The molecule has 1 spiro atoms. The molecule has 5 nitrogen and oxygen atoms in total. The number of carbonyl (C=O) groups is 2. The molecule has 2 aliphatic rings. The van der Waals surface area contributed by atoms with E-state index in [1.165, 1.54) is 0 Å². The second kappa shape index (κ2) is 5.80. The lowest BCUT2D eigenvalue weighted by atomic mass is 9.85. The van der Waals surface area contributed by atoms with Crippen LogP contribution in [0.4, 0.5) is 0 Å². The highest BCUT2D eigenvalue weighted by molar-refractivity contribution is 6.18. The second-order valence-corrected chi connectivity index (χ2v) is 7.29. The maximum atomic E-state index is 13.2. The van der Waals surface area contributed by atoms with Crippen molar-refractivity contribution in [1.82, 2.24) is 4.90 Å². The van der Waals surface area contributed by atoms with Crippen LogP contribution >= 0.6 is 0 Å². The Morgan fingerprint density at radius 3 is 2.27 bits per heavy atom. The van der Waals surface area contributed by atoms with Crippen LogP contribution in [0.25, 0.3) is 0 Å². The summed E-state index contributed by atoms with van der Waals surface area (Å²) in [6, 6.07) is 19.2. The van der Waals surface area contributed by atoms with E-state index in [2.05, 4.69) is 5.16 Å². The molecule has 4 rings (SSSR count). The number of Topliss-reactive ketones (excluding diaryl/α,β-unsaturated/α-hetero) is 1. The van der Waals surface area contributed by atoms with Crippen molar-refractivity contribution in [2.75, 3.05) is 0 Å². The lowest BCUT2D eigenvalue weighted by Crippen LogP contribution is -2.49. The fourth-order valence-corrected chi connectivity index (χ4v) is 3.65. The van der Waals surface area contributed by atoms with Crippen LogP contribution in [-0.4, -0.2) is 28.0 Å². The van der Waals surface area contributed by atoms with E-state index in [1.54, 1.807) is 18.7 Å². The number of rotatable bonds is 3. The van der Waals surface area contributed by atoms with Crippen molar-refractivity contribution >= 4 is 17.4 Å². The highest BCUT2D eigenvalue weighted by atomic mass is 16.7. The van der Waals surface area contributed by atoms with E-state index in [1.807, 2.05) is 60.7 Å². The zero-order valence-electron chi connectivity index (χ0n) is 14.8. The van der Waals surface area contributed by atoms with Crippen LogP contribution < -0.4 is 0 Å². The van der Waals surface area contributed by atoms with Crippen molar-refractivity contribution < 1.29 is 14.4 Å². The van der Waals surface area contributed by atoms with Gasteiger partial charge in [-0.05, 0) is 25.0 Å². The molecule has 2 heterocycles. The second-order valence-electron chi connectivity index (χ2n) is 7.29. The third kappa shape index (κ3) is 2.35. The first-order valence-electron chi connectivity index (χ1n) is 8.66. The molecule has 0 radical (unpaired) electrons. The van der Waals surface area contributed by atoms with Crippen molar-refractivity contribution in [1.29, 1.82) is 0 Å². The molecule has 26 heavy (non-hydrogen) atoms. The predicted molar refractivity (Wildman–Crippen MR) is 97.2 cm³/mol. The quantitative estimate of drug-likeness (QED) is 0.801. The molecule has 1 amide bonds. The van der Waals surface area contributed by atoms with Gasteiger partial charge in [0.05, 0.1) is 18.7 Å². The number of carbonyl (C=O) groups excluding carboxylic acids is 2. The number of hydrogen-bond acceptors (Lipinski definition) is 4. The number of oxime groups is 1. The summed E-state index contributed by atoms with van der Waals surface area (Å²) in [6.07, 6.45) is 0.262. The van der Waals surface area contributed by atoms with Crippen LogP contribution in [0.1, 0.15) is 31.4 Å². The Balaban J connectivity index is 1.71. The molecule has 132 valence electrons. The van der Waals surface area contributed by atoms with Crippen molar-refractivity contribution in [2.24, 2.45) is 10.6 Å². The van der Waals surface area contributed by atoms with Gasteiger partial charge in [0, 0.05) is 0 Å². The van der Waals surface area contributed by atoms with Gasteiger partial charge in [0.25, 0.3) is 5.72 Å². The van der Waals surface area contributed by atoms with E-state index in [-0.39, 0.29) is 18.1 Å². The molecule has 2 aromatic rings. The Labute approximate surface area is 152 Å². The first-order valence-corrected chi connectivity index (χ1v) is 8.66. The molecule has 1 unspecified atom stereocenters. The third-order valence-electron chi connectivity index (χ3n) is 5.14. The van der Waals surface area contributed by atoms with Crippen molar-refractivity contribution in [3.05, 3.63) is 71.8 Å². The first kappa shape index (κ1) is 16.5. The average Bonchev–Trinajstić information content (AvgIpc) is 3.17. The van der Waals surface area contributed by atoms with E-state index in [9.17, 15) is 9.59 Å². The predicted octanol–water partition coefficient (Wildman–Crippen LogP) is 3.15. The van der Waals surface area contributed by atoms with Crippen LogP contribution in [0.3, 0.4) is 0 Å². The summed E-state index contributed by atoms with van der Waals surface area (Å²) >= 11 is 0. The fraction of sp³-hybridized carbons (Fsp3) is 0.286. The number of benzene rings is 2. The van der Waals surface area contributed by atoms with Gasteiger partial charge < -0.3 is 4.84 Å². The fourth-order valence-electron chi connectivity index (χ4n) is 3.65. The smallest absolute Gasteiger partial charge is 0.277 e. The normalized spacial score (nSPS) is 24.1. The Bertz CT molecular complexity index is 890. The van der Waals surface area contributed by atoms with Crippen molar-refractivity contribution in [3.8, 4) is 0 Å². The van der Waals surface area contributed by atoms with Gasteiger partial charge in [-0.3, -0.25) is 14.5 Å². The van der Waals surface area contributed by atoms with E-state index >= 15 is 0 Å². The number of hydrogen-bond donors (Lipinski definition) is 0. The molecule has 1 atom stereocenters. The van der Waals surface area contributed by atoms with Gasteiger partial charge >= 0.3 is 0 Å². The lowest BCUT2D eigenvalue weighted by Gasteiger charge is -2.30. The summed E-state index contributed by atoms with van der Waals surface area (Å²) in [4.78, 5) is 33.5. The minimum atomic E-state index is -1.36. The summed E-state index contributed by atoms with van der Waals surface area (Å²) in [6.45, 7) is 3.63. The van der Waals surface area contributed by atoms with Gasteiger partial charge in [-0.2, -0.15) is 0 Å². The van der Waals surface area contributed by atoms with E-state index in [0.29, 0.717) is 12.3 Å². The summed E-state index contributed by atoms with van der Waals surface area (Å²) in [5.41, 5.74) is 0.0388. The van der Waals surface area contributed by atoms with Crippen molar-refractivity contribution in [3.63, 3.8) is 0 Å². The van der Waals surface area contributed by atoms with Gasteiger partial charge in [0.2, 0.25) is 11.7 Å².